The third-order valence-electron chi connectivity index (χ3n) is 13.6. The predicted molar refractivity (Wildman–Crippen MR) is 282 cm³/mol. The van der Waals surface area contributed by atoms with Crippen LogP contribution in [0.3, 0.4) is 0 Å². The lowest BCUT2D eigenvalue weighted by atomic mass is 9.64. The number of hydrogen-bond donors (Lipinski definition) is 1. The second kappa shape index (κ2) is 17.2. The number of aliphatic imine (C=N–C) groups is 2. The third kappa shape index (κ3) is 7.02. The van der Waals surface area contributed by atoms with E-state index in [-0.39, 0.29) is 0 Å². The molecular formula is C64H46N4. The molecule has 68 heavy (non-hydrogen) atoms. The Balaban J connectivity index is 0.927. The van der Waals surface area contributed by atoms with E-state index in [4.69, 9.17) is 15.7 Å². The number of hydrogen-bond acceptors (Lipinski definition) is 3. The Bertz CT molecular complexity index is 3490. The molecule has 1 atom stereocenters. The van der Waals surface area contributed by atoms with Gasteiger partial charge in [0, 0.05) is 17.5 Å². The lowest BCUT2D eigenvalue weighted by molar-refractivity contribution is 0.753. The molecule has 1 heterocycles. The summed E-state index contributed by atoms with van der Waals surface area (Å²) in [5.41, 5.74) is 27.0. The molecule has 2 N–H and O–H groups in total. The fraction of sp³-hybridized carbons (Fsp3) is 0.0312. The van der Waals surface area contributed by atoms with Gasteiger partial charge in [0.25, 0.3) is 0 Å². The van der Waals surface area contributed by atoms with Gasteiger partial charge in [-0.25, -0.2) is 4.99 Å². The van der Waals surface area contributed by atoms with Crippen molar-refractivity contribution in [2.24, 2.45) is 15.7 Å². The van der Waals surface area contributed by atoms with Gasteiger partial charge < -0.3 is 10.6 Å². The van der Waals surface area contributed by atoms with E-state index in [9.17, 15) is 0 Å². The molecule has 4 nitrogen and oxygen atoms in total. The van der Waals surface area contributed by atoms with Crippen molar-refractivity contribution in [1.82, 2.24) is 0 Å². The minimum atomic E-state index is -0.534. The van der Waals surface area contributed by atoms with E-state index in [2.05, 4.69) is 199 Å². The summed E-state index contributed by atoms with van der Waals surface area (Å²) in [5, 5.41) is 0. The Kier molecular flexibility index (Phi) is 10.3. The number of fused-ring (bicyclic) bond motifs is 9. The first-order chi connectivity index (χ1) is 33.6. The zero-order valence-corrected chi connectivity index (χ0v) is 37.3. The molecule has 2 aliphatic rings. The van der Waals surface area contributed by atoms with Crippen LogP contribution in [0.15, 0.2) is 265 Å². The molecule has 0 bridgehead atoms. The molecule has 1 unspecified atom stereocenters. The molecule has 0 saturated heterocycles. The Morgan fingerprint density at radius 2 is 0.897 bits per heavy atom. The summed E-state index contributed by atoms with van der Waals surface area (Å²) < 4.78 is 0. The highest BCUT2D eigenvalue weighted by molar-refractivity contribution is 5.98. The highest BCUT2D eigenvalue weighted by Crippen LogP contribution is 2.63. The van der Waals surface area contributed by atoms with Crippen LogP contribution in [-0.4, -0.2) is 12.1 Å². The SMILES string of the molecule is NC(=NC(N=Cc1ccccc1)c1cccc(-c2cccc(-c3cccc(-c4ccc5c(c4)C4(c6ccccc6-5)c5ccccc5N(c5ccccc5)c5ccccc54)c3)c2)c1)c1ccccc1. The van der Waals surface area contributed by atoms with E-state index < -0.39 is 11.6 Å². The van der Waals surface area contributed by atoms with E-state index in [1.165, 1.54) is 55.9 Å². The number of rotatable bonds is 9. The second-order valence-corrected chi connectivity index (χ2v) is 17.5. The molecule has 10 aromatic carbocycles. The fourth-order valence-electron chi connectivity index (χ4n) is 10.5. The summed E-state index contributed by atoms with van der Waals surface area (Å²) in [6.07, 6.45) is 1.34. The maximum Gasteiger partial charge on any atom is 0.167 e. The largest absolute Gasteiger partial charge is 0.383 e. The Morgan fingerprint density at radius 1 is 0.412 bits per heavy atom. The fourth-order valence-corrected chi connectivity index (χ4v) is 10.5. The number of benzene rings is 10. The number of amidine groups is 1. The quantitative estimate of drug-likeness (QED) is 0.116. The molecule has 1 aliphatic heterocycles. The van der Waals surface area contributed by atoms with E-state index in [1.807, 2.05) is 66.9 Å². The highest BCUT2D eigenvalue weighted by Gasteiger charge is 2.51. The minimum Gasteiger partial charge on any atom is -0.383 e. The lowest BCUT2D eigenvalue weighted by Gasteiger charge is -2.45. The number of para-hydroxylation sites is 3. The Hall–Kier alpha value is -8.86. The standard InChI is InChI=1S/C64H46N4/c65-62(45-21-6-2-7-22-45)67-63(66-43-44-19-4-1-5-20-44)52-28-18-27-50(41-52)48-25-16-23-46(39-48)47-24-17-26-49(40-47)51-37-38-55-54-31-10-11-32-56(54)64(59(55)42-51)57-33-12-14-35-60(57)68(53-29-8-3-9-30-53)61-36-15-13-34-58(61)64/h1-43,63H,(H2,65,67). The smallest absolute Gasteiger partial charge is 0.167 e. The first kappa shape index (κ1) is 40.6. The van der Waals surface area contributed by atoms with Gasteiger partial charge >= 0.3 is 0 Å². The molecule has 0 aromatic heterocycles. The zero-order valence-electron chi connectivity index (χ0n) is 37.3. The van der Waals surface area contributed by atoms with Gasteiger partial charge in [0.15, 0.2) is 6.17 Å². The van der Waals surface area contributed by atoms with Crippen molar-refractivity contribution in [1.29, 1.82) is 0 Å². The molecule has 4 heteroatoms. The van der Waals surface area contributed by atoms with Crippen molar-refractivity contribution in [3.63, 3.8) is 0 Å². The van der Waals surface area contributed by atoms with Gasteiger partial charge in [-0.15, -0.1) is 0 Å². The molecule has 12 rings (SSSR count). The third-order valence-corrected chi connectivity index (χ3v) is 13.6. The van der Waals surface area contributed by atoms with Crippen LogP contribution in [0, 0.1) is 0 Å². The number of nitrogens with zero attached hydrogens (tertiary/aromatic N) is 3. The minimum absolute atomic E-state index is 0.444. The predicted octanol–water partition coefficient (Wildman–Crippen LogP) is 15.4. The summed E-state index contributed by atoms with van der Waals surface area (Å²) in [6, 6.07) is 91.1. The average Bonchev–Trinajstić information content (AvgIpc) is 3.70. The molecular weight excluding hydrogens is 825 g/mol. The van der Waals surface area contributed by atoms with Crippen LogP contribution in [-0.2, 0) is 5.41 Å². The van der Waals surface area contributed by atoms with Crippen LogP contribution in [0.5, 0.6) is 0 Å². The van der Waals surface area contributed by atoms with Crippen molar-refractivity contribution >= 4 is 29.1 Å². The van der Waals surface area contributed by atoms with Crippen LogP contribution >= 0.6 is 0 Å². The molecule has 322 valence electrons. The van der Waals surface area contributed by atoms with E-state index >= 15 is 0 Å². The van der Waals surface area contributed by atoms with Crippen molar-refractivity contribution < 1.29 is 0 Å². The molecule has 10 aromatic rings. The van der Waals surface area contributed by atoms with Gasteiger partial charge in [0.2, 0.25) is 0 Å². The summed E-state index contributed by atoms with van der Waals surface area (Å²) in [7, 11) is 0. The first-order valence-corrected chi connectivity index (χ1v) is 23.2. The van der Waals surface area contributed by atoms with Gasteiger partial charge in [-0.1, -0.05) is 206 Å². The maximum atomic E-state index is 6.61. The first-order valence-electron chi connectivity index (χ1n) is 23.2. The van der Waals surface area contributed by atoms with Crippen molar-refractivity contribution in [2.75, 3.05) is 4.90 Å². The van der Waals surface area contributed by atoms with Crippen molar-refractivity contribution in [2.45, 2.75) is 11.6 Å². The van der Waals surface area contributed by atoms with E-state index in [0.717, 1.165) is 44.6 Å². The normalized spacial score (nSPS) is 13.7. The Morgan fingerprint density at radius 3 is 1.53 bits per heavy atom. The van der Waals surface area contributed by atoms with Gasteiger partial charge in [0.1, 0.15) is 5.84 Å². The highest BCUT2D eigenvalue weighted by atomic mass is 15.2. The zero-order chi connectivity index (χ0) is 45.4. The van der Waals surface area contributed by atoms with E-state index in [1.54, 1.807) is 0 Å². The summed E-state index contributed by atoms with van der Waals surface area (Å²) in [5.74, 6) is 0.444. The molecule has 0 amide bonds. The van der Waals surface area contributed by atoms with Gasteiger partial charge in [-0.2, -0.15) is 0 Å². The van der Waals surface area contributed by atoms with Crippen LogP contribution in [0.1, 0.15) is 45.1 Å². The summed E-state index contributed by atoms with van der Waals surface area (Å²) in [6.45, 7) is 0. The molecule has 0 fully saturated rings. The summed E-state index contributed by atoms with van der Waals surface area (Å²) in [4.78, 5) is 12.4. The van der Waals surface area contributed by atoms with Crippen LogP contribution in [0.2, 0.25) is 0 Å². The average molecular weight is 871 g/mol. The molecule has 0 saturated carbocycles. The number of nitrogens with two attached hydrogens (primary N) is 1. The van der Waals surface area contributed by atoms with Crippen LogP contribution in [0.25, 0.3) is 44.5 Å². The molecule has 1 aliphatic carbocycles. The Labute approximate surface area is 397 Å². The monoisotopic (exact) mass is 870 g/mol. The van der Waals surface area contributed by atoms with Crippen molar-refractivity contribution in [3.8, 4) is 44.5 Å². The molecule has 0 radical (unpaired) electrons. The van der Waals surface area contributed by atoms with Crippen LogP contribution in [0.4, 0.5) is 17.1 Å². The molecule has 1 spiro atoms. The van der Waals surface area contributed by atoms with Crippen molar-refractivity contribution in [3.05, 3.63) is 294 Å². The number of anilines is 3. The van der Waals surface area contributed by atoms with Gasteiger partial charge in [-0.3, -0.25) is 4.99 Å². The maximum absolute atomic E-state index is 6.61. The topological polar surface area (TPSA) is 54.0 Å². The van der Waals surface area contributed by atoms with E-state index in [0.29, 0.717) is 5.84 Å². The summed E-state index contributed by atoms with van der Waals surface area (Å²) >= 11 is 0. The second-order valence-electron chi connectivity index (χ2n) is 17.5. The van der Waals surface area contributed by atoms with Gasteiger partial charge in [0.05, 0.1) is 16.8 Å². The van der Waals surface area contributed by atoms with Gasteiger partial charge in [-0.05, 0) is 126 Å². The lowest BCUT2D eigenvalue weighted by Crippen LogP contribution is -2.36. The van der Waals surface area contributed by atoms with Crippen LogP contribution < -0.4 is 10.6 Å².